The molecule has 0 amide bonds. The Kier molecular flexibility index (Phi) is 4.87. The van der Waals surface area contributed by atoms with Gasteiger partial charge in [0.15, 0.2) is 19.7 Å². The van der Waals surface area contributed by atoms with Crippen molar-refractivity contribution < 1.29 is 16.8 Å². The Morgan fingerprint density at radius 2 is 1.64 bits per heavy atom. The molecule has 2 rings (SSSR count). The van der Waals surface area contributed by atoms with Gasteiger partial charge in [-0.2, -0.15) is 0 Å². The molecule has 1 aromatic rings. The Bertz CT molecular complexity index is 754. The minimum atomic E-state index is -3.51. The van der Waals surface area contributed by atoms with Gasteiger partial charge in [0.05, 0.1) is 15.5 Å². The van der Waals surface area contributed by atoms with Crippen molar-refractivity contribution in [1.29, 1.82) is 0 Å². The summed E-state index contributed by atoms with van der Waals surface area (Å²) >= 11 is 0. The summed E-state index contributed by atoms with van der Waals surface area (Å²) in [6, 6.07) is 4.49. The molecule has 1 aliphatic carbocycles. The first-order valence-electron chi connectivity index (χ1n) is 7.40. The number of sulfone groups is 2. The molecule has 0 spiro atoms. The van der Waals surface area contributed by atoms with E-state index in [0.29, 0.717) is 11.6 Å². The third-order valence-corrected chi connectivity index (χ3v) is 6.48. The van der Waals surface area contributed by atoms with Crippen molar-refractivity contribution in [3.05, 3.63) is 18.2 Å². The van der Waals surface area contributed by atoms with E-state index in [4.69, 9.17) is 0 Å². The molecule has 1 saturated carbocycles. The van der Waals surface area contributed by atoms with Crippen molar-refractivity contribution in [3.8, 4) is 0 Å². The largest absolute Gasteiger partial charge is 0.381 e. The normalized spacial score (nSPS) is 23.2. The zero-order valence-corrected chi connectivity index (χ0v) is 14.8. The Morgan fingerprint density at radius 3 is 2.18 bits per heavy atom. The first-order chi connectivity index (χ1) is 10.1. The second-order valence-corrected chi connectivity index (χ2v) is 10.2. The zero-order valence-electron chi connectivity index (χ0n) is 13.2. The molecule has 124 valence electrons. The van der Waals surface area contributed by atoms with Crippen LogP contribution in [0.25, 0.3) is 0 Å². The molecule has 7 heteroatoms. The molecule has 22 heavy (non-hydrogen) atoms. The van der Waals surface area contributed by atoms with Crippen molar-refractivity contribution in [1.82, 2.24) is 0 Å². The van der Waals surface area contributed by atoms with E-state index in [-0.39, 0.29) is 15.8 Å². The molecule has 0 aliphatic heterocycles. The molecule has 0 radical (unpaired) electrons. The smallest absolute Gasteiger partial charge is 0.177 e. The summed E-state index contributed by atoms with van der Waals surface area (Å²) in [4.78, 5) is 0.0726. The van der Waals surface area contributed by atoms with Crippen LogP contribution in [0.5, 0.6) is 0 Å². The van der Waals surface area contributed by atoms with Crippen molar-refractivity contribution in [2.45, 2.75) is 48.4 Å². The van der Waals surface area contributed by atoms with Crippen molar-refractivity contribution in [2.24, 2.45) is 5.92 Å². The molecule has 0 saturated heterocycles. The van der Waals surface area contributed by atoms with Gasteiger partial charge in [-0.05, 0) is 37.0 Å². The van der Waals surface area contributed by atoms with Crippen molar-refractivity contribution >= 4 is 25.4 Å². The molecule has 0 bridgehead atoms. The van der Waals surface area contributed by atoms with E-state index in [1.165, 1.54) is 18.6 Å². The maximum atomic E-state index is 12.0. The summed E-state index contributed by atoms with van der Waals surface area (Å²) in [6.45, 7) is 2.15. The summed E-state index contributed by atoms with van der Waals surface area (Å²) in [5.74, 6) is 0.468. The standard InChI is InChI=1S/C15H23NO4S2/c1-11-6-4-5-7-13(11)16-14-9-8-12(21(2,17)18)10-15(14)22(3,19)20/h8-11,13,16H,4-7H2,1-3H3/t11-,13-/m1/s1. The third kappa shape index (κ3) is 4.01. The number of hydrogen-bond acceptors (Lipinski definition) is 5. The van der Waals surface area contributed by atoms with Crippen LogP contribution in [0.1, 0.15) is 32.6 Å². The highest BCUT2D eigenvalue weighted by Crippen LogP contribution is 2.31. The maximum Gasteiger partial charge on any atom is 0.177 e. The third-order valence-electron chi connectivity index (χ3n) is 4.23. The van der Waals surface area contributed by atoms with Gasteiger partial charge in [0, 0.05) is 18.6 Å². The lowest BCUT2D eigenvalue weighted by molar-refractivity contribution is 0.349. The van der Waals surface area contributed by atoms with Crippen molar-refractivity contribution in [3.63, 3.8) is 0 Å². The first-order valence-corrected chi connectivity index (χ1v) is 11.2. The highest BCUT2D eigenvalue weighted by Gasteiger charge is 2.24. The fourth-order valence-electron chi connectivity index (χ4n) is 2.89. The van der Waals surface area contributed by atoms with Gasteiger partial charge >= 0.3 is 0 Å². The second kappa shape index (κ2) is 6.20. The predicted molar refractivity (Wildman–Crippen MR) is 87.7 cm³/mol. The Balaban J connectivity index is 2.43. The monoisotopic (exact) mass is 345 g/mol. The summed E-state index contributed by atoms with van der Waals surface area (Å²) in [6.07, 6.45) is 6.61. The molecule has 2 atom stereocenters. The van der Waals surface area contributed by atoms with Gasteiger partial charge in [-0.1, -0.05) is 19.8 Å². The first kappa shape index (κ1) is 17.3. The zero-order chi connectivity index (χ0) is 16.5. The fourth-order valence-corrected chi connectivity index (χ4v) is 4.48. The summed E-state index contributed by atoms with van der Waals surface area (Å²) in [5, 5.41) is 3.31. The summed E-state index contributed by atoms with van der Waals surface area (Å²) < 4.78 is 47.3. The van der Waals surface area contributed by atoms with Gasteiger partial charge in [0.1, 0.15) is 0 Å². The van der Waals surface area contributed by atoms with E-state index in [1.54, 1.807) is 6.07 Å². The van der Waals surface area contributed by atoms with E-state index in [0.717, 1.165) is 31.8 Å². The van der Waals surface area contributed by atoms with E-state index < -0.39 is 19.7 Å². The van der Waals surface area contributed by atoms with Crippen LogP contribution in [0.2, 0.25) is 0 Å². The van der Waals surface area contributed by atoms with Gasteiger partial charge in [0.2, 0.25) is 0 Å². The predicted octanol–water partition coefficient (Wildman–Crippen LogP) is 2.48. The number of anilines is 1. The molecule has 1 N–H and O–H groups in total. The van der Waals surface area contributed by atoms with Gasteiger partial charge in [-0.25, -0.2) is 16.8 Å². The molecule has 0 unspecified atom stereocenters. The van der Waals surface area contributed by atoms with E-state index >= 15 is 0 Å². The minimum absolute atomic E-state index is 0.0233. The lowest BCUT2D eigenvalue weighted by Crippen LogP contribution is -2.30. The van der Waals surface area contributed by atoms with Crippen LogP contribution in [-0.4, -0.2) is 35.4 Å². The fraction of sp³-hybridized carbons (Fsp3) is 0.600. The van der Waals surface area contributed by atoms with Crippen LogP contribution >= 0.6 is 0 Å². The van der Waals surface area contributed by atoms with Gasteiger partial charge in [0.25, 0.3) is 0 Å². The van der Waals surface area contributed by atoms with E-state index in [1.807, 2.05) is 0 Å². The SMILES string of the molecule is C[C@@H]1CCCC[C@H]1Nc1ccc(S(C)(=O)=O)cc1S(C)(=O)=O. The van der Waals surface area contributed by atoms with E-state index in [9.17, 15) is 16.8 Å². The molecule has 1 aromatic carbocycles. The van der Waals surface area contributed by atoms with Crippen LogP contribution in [-0.2, 0) is 19.7 Å². The van der Waals surface area contributed by atoms with Crippen LogP contribution in [0.3, 0.4) is 0 Å². The second-order valence-electron chi connectivity index (χ2n) is 6.21. The lowest BCUT2D eigenvalue weighted by Gasteiger charge is -2.31. The Hall–Kier alpha value is -1.08. The highest BCUT2D eigenvalue weighted by molar-refractivity contribution is 7.91. The summed E-state index contributed by atoms with van der Waals surface area (Å²) in [5.41, 5.74) is 0.494. The quantitative estimate of drug-likeness (QED) is 0.907. The van der Waals surface area contributed by atoms with E-state index in [2.05, 4.69) is 12.2 Å². The molecular formula is C15H23NO4S2. The van der Waals surface area contributed by atoms with Crippen LogP contribution in [0, 0.1) is 5.92 Å². The number of nitrogens with one attached hydrogen (secondary N) is 1. The van der Waals surface area contributed by atoms with Crippen LogP contribution in [0.15, 0.2) is 28.0 Å². The molecule has 5 nitrogen and oxygen atoms in total. The molecule has 1 fully saturated rings. The van der Waals surface area contributed by atoms with Crippen LogP contribution < -0.4 is 5.32 Å². The summed E-state index contributed by atoms with van der Waals surface area (Å²) in [7, 11) is -6.95. The van der Waals surface area contributed by atoms with Gasteiger partial charge < -0.3 is 5.32 Å². The van der Waals surface area contributed by atoms with Crippen LogP contribution in [0.4, 0.5) is 5.69 Å². The maximum absolute atomic E-state index is 12.0. The van der Waals surface area contributed by atoms with Gasteiger partial charge in [-0.3, -0.25) is 0 Å². The molecular weight excluding hydrogens is 322 g/mol. The lowest BCUT2D eigenvalue weighted by atomic mass is 9.86. The molecule has 0 heterocycles. The van der Waals surface area contributed by atoms with Gasteiger partial charge in [-0.15, -0.1) is 0 Å². The average molecular weight is 345 g/mol. The Morgan fingerprint density at radius 1 is 1.00 bits per heavy atom. The average Bonchev–Trinajstić information content (AvgIpc) is 2.39. The number of rotatable bonds is 4. The topological polar surface area (TPSA) is 80.3 Å². The van der Waals surface area contributed by atoms with Crippen molar-refractivity contribution in [2.75, 3.05) is 17.8 Å². The minimum Gasteiger partial charge on any atom is -0.381 e. The highest BCUT2D eigenvalue weighted by atomic mass is 32.2. The molecule has 0 aromatic heterocycles. The molecule has 1 aliphatic rings. The number of benzene rings is 1. The Labute approximate surface area is 133 Å². The number of hydrogen-bond donors (Lipinski definition) is 1.